The topological polar surface area (TPSA) is 71.6 Å². The maximum atomic E-state index is 13.7. The van der Waals surface area contributed by atoms with E-state index in [0.29, 0.717) is 46.2 Å². The second-order valence-corrected chi connectivity index (χ2v) is 8.57. The van der Waals surface area contributed by atoms with Crippen LogP contribution in [-0.4, -0.2) is 98.9 Å². The molecule has 1 aromatic carbocycles. The summed E-state index contributed by atoms with van der Waals surface area (Å²) in [5, 5.41) is 0. The third kappa shape index (κ3) is 4.48. The van der Waals surface area contributed by atoms with E-state index in [1.54, 1.807) is 0 Å². The van der Waals surface area contributed by atoms with E-state index in [1.165, 1.54) is 4.90 Å². The van der Waals surface area contributed by atoms with Crippen LogP contribution in [0.1, 0.15) is 19.4 Å². The van der Waals surface area contributed by atoms with Crippen molar-refractivity contribution in [2.24, 2.45) is 5.92 Å². The SMILES string of the molecule is CCOc1ccc([C@@]2(C)C(=O)N(CN3CCOCC3)C(=O)[C@H]2CN2CCOCC2)cc1. The molecule has 0 saturated carbocycles. The number of amides is 2. The van der Waals surface area contributed by atoms with Crippen LogP contribution in [0.2, 0.25) is 0 Å². The highest BCUT2D eigenvalue weighted by Crippen LogP contribution is 2.42. The summed E-state index contributed by atoms with van der Waals surface area (Å²) in [4.78, 5) is 33.2. The molecule has 2 atom stereocenters. The first-order valence-electron chi connectivity index (χ1n) is 11.2. The number of nitrogens with zero attached hydrogens (tertiary/aromatic N) is 3. The summed E-state index contributed by atoms with van der Waals surface area (Å²) in [7, 11) is 0. The summed E-state index contributed by atoms with van der Waals surface area (Å²) in [5.41, 5.74) is -0.0519. The molecule has 8 nitrogen and oxygen atoms in total. The fourth-order valence-electron chi connectivity index (χ4n) is 4.73. The molecule has 0 bridgehead atoms. The number of carbonyl (C=O) groups is 2. The number of likely N-dealkylation sites (tertiary alicyclic amines) is 1. The number of benzene rings is 1. The number of ether oxygens (including phenoxy) is 3. The molecule has 1 aromatic rings. The second-order valence-electron chi connectivity index (χ2n) is 8.57. The summed E-state index contributed by atoms with van der Waals surface area (Å²) in [5.74, 6) is 0.129. The van der Waals surface area contributed by atoms with Crippen molar-refractivity contribution in [3.63, 3.8) is 0 Å². The van der Waals surface area contributed by atoms with Gasteiger partial charge in [0.1, 0.15) is 5.75 Å². The zero-order valence-corrected chi connectivity index (χ0v) is 18.5. The van der Waals surface area contributed by atoms with E-state index in [-0.39, 0.29) is 11.8 Å². The molecule has 3 aliphatic rings. The van der Waals surface area contributed by atoms with Crippen LogP contribution >= 0.6 is 0 Å². The predicted molar refractivity (Wildman–Crippen MR) is 115 cm³/mol. The van der Waals surface area contributed by atoms with Crippen molar-refractivity contribution in [1.29, 1.82) is 0 Å². The van der Waals surface area contributed by atoms with Crippen molar-refractivity contribution in [1.82, 2.24) is 14.7 Å². The van der Waals surface area contributed by atoms with Crippen LogP contribution in [0.4, 0.5) is 0 Å². The highest BCUT2D eigenvalue weighted by Gasteiger charge is 2.57. The van der Waals surface area contributed by atoms with Gasteiger partial charge in [0.2, 0.25) is 11.8 Å². The minimum Gasteiger partial charge on any atom is -0.494 e. The van der Waals surface area contributed by atoms with Gasteiger partial charge >= 0.3 is 0 Å². The molecule has 3 fully saturated rings. The number of hydrogen-bond donors (Lipinski definition) is 0. The van der Waals surface area contributed by atoms with E-state index in [4.69, 9.17) is 14.2 Å². The third-order valence-electron chi connectivity index (χ3n) is 6.71. The molecule has 3 aliphatic heterocycles. The van der Waals surface area contributed by atoms with Crippen LogP contribution in [0.25, 0.3) is 0 Å². The standard InChI is InChI=1S/C23H33N3O5/c1-3-31-19-6-4-18(5-7-19)23(2)20(16-24-8-12-29-13-9-24)21(27)26(22(23)28)17-25-10-14-30-15-11-25/h4-7,20H,3,8-17H2,1-2H3/t20-,23-/m1/s1. The molecule has 2 amide bonds. The Morgan fingerprint density at radius 2 is 1.55 bits per heavy atom. The summed E-state index contributed by atoms with van der Waals surface area (Å²) in [6.07, 6.45) is 0. The number of imide groups is 1. The van der Waals surface area contributed by atoms with E-state index in [9.17, 15) is 9.59 Å². The summed E-state index contributed by atoms with van der Waals surface area (Å²) >= 11 is 0. The molecule has 170 valence electrons. The maximum absolute atomic E-state index is 13.7. The van der Waals surface area contributed by atoms with Gasteiger partial charge in [-0.1, -0.05) is 12.1 Å². The number of morpholine rings is 2. The van der Waals surface area contributed by atoms with Crippen molar-refractivity contribution in [3.05, 3.63) is 29.8 Å². The zero-order chi connectivity index (χ0) is 21.8. The van der Waals surface area contributed by atoms with Gasteiger partial charge in [0.05, 0.1) is 51.0 Å². The van der Waals surface area contributed by atoms with Gasteiger partial charge < -0.3 is 14.2 Å². The molecule has 0 aliphatic carbocycles. The molecule has 0 N–H and O–H groups in total. The lowest BCUT2D eigenvalue weighted by Crippen LogP contribution is -2.47. The largest absolute Gasteiger partial charge is 0.494 e. The Balaban J connectivity index is 1.62. The molecule has 0 radical (unpaired) electrons. The highest BCUT2D eigenvalue weighted by molar-refractivity contribution is 6.10. The van der Waals surface area contributed by atoms with E-state index >= 15 is 0 Å². The molecule has 3 saturated heterocycles. The Kier molecular flexibility index (Phi) is 6.91. The van der Waals surface area contributed by atoms with E-state index < -0.39 is 11.3 Å². The molecule has 0 aromatic heterocycles. The van der Waals surface area contributed by atoms with E-state index in [0.717, 1.165) is 37.5 Å². The third-order valence-corrected chi connectivity index (χ3v) is 6.71. The van der Waals surface area contributed by atoms with Crippen LogP contribution in [0.3, 0.4) is 0 Å². The first-order chi connectivity index (χ1) is 15.0. The first kappa shape index (κ1) is 22.2. The van der Waals surface area contributed by atoms with Crippen LogP contribution in [0.5, 0.6) is 5.75 Å². The van der Waals surface area contributed by atoms with Gasteiger partial charge in [-0.3, -0.25) is 24.3 Å². The Morgan fingerprint density at radius 1 is 0.968 bits per heavy atom. The molecule has 31 heavy (non-hydrogen) atoms. The predicted octanol–water partition coefficient (Wildman–Crippen LogP) is 0.950. The van der Waals surface area contributed by atoms with E-state index in [2.05, 4.69) is 9.80 Å². The normalized spacial score (nSPS) is 28.3. The average molecular weight is 432 g/mol. The molecule has 0 spiro atoms. The summed E-state index contributed by atoms with van der Waals surface area (Å²) in [6.45, 7) is 10.9. The molecule has 0 unspecified atom stereocenters. The lowest BCUT2D eigenvalue weighted by atomic mass is 9.73. The Bertz CT molecular complexity index is 774. The van der Waals surface area contributed by atoms with Gasteiger partial charge in [-0.05, 0) is 31.5 Å². The number of hydrogen-bond acceptors (Lipinski definition) is 7. The average Bonchev–Trinajstić information content (AvgIpc) is 2.98. The lowest BCUT2D eigenvalue weighted by molar-refractivity contribution is -0.143. The quantitative estimate of drug-likeness (QED) is 0.596. The van der Waals surface area contributed by atoms with Gasteiger partial charge in [0, 0.05) is 32.7 Å². The molecular formula is C23H33N3O5. The van der Waals surface area contributed by atoms with Crippen LogP contribution in [0, 0.1) is 5.92 Å². The zero-order valence-electron chi connectivity index (χ0n) is 18.5. The first-order valence-corrected chi connectivity index (χ1v) is 11.2. The molecular weight excluding hydrogens is 398 g/mol. The molecule has 4 rings (SSSR count). The van der Waals surface area contributed by atoms with Crippen LogP contribution in [0.15, 0.2) is 24.3 Å². The van der Waals surface area contributed by atoms with Crippen molar-refractivity contribution >= 4 is 11.8 Å². The van der Waals surface area contributed by atoms with Gasteiger partial charge in [0.15, 0.2) is 0 Å². The Morgan fingerprint density at radius 3 is 2.13 bits per heavy atom. The maximum Gasteiger partial charge on any atom is 0.241 e. The summed E-state index contributed by atoms with van der Waals surface area (Å²) < 4.78 is 16.5. The van der Waals surface area contributed by atoms with Crippen molar-refractivity contribution < 1.29 is 23.8 Å². The number of carbonyl (C=O) groups excluding carboxylic acids is 2. The van der Waals surface area contributed by atoms with Crippen molar-refractivity contribution in [2.45, 2.75) is 19.3 Å². The fourth-order valence-corrected chi connectivity index (χ4v) is 4.73. The monoisotopic (exact) mass is 431 g/mol. The van der Waals surface area contributed by atoms with E-state index in [1.807, 2.05) is 38.1 Å². The van der Waals surface area contributed by atoms with Crippen LogP contribution < -0.4 is 4.74 Å². The number of rotatable bonds is 7. The minimum atomic E-state index is -0.910. The highest BCUT2D eigenvalue weighted by atomic mass is 16.5. The lowest BCUT2D eigenvalue weighted by Gasteiger charge is -2.34. The fraction of sp³-hybridized carbons (Fsp3) is 0.652. The summed E-state index contributed by atoms with van der Waals surface area (Å²) in [6, 6.07) is 7.64. The Labute approximate surface area is 184 Å². The van der Waals surface area contributed by atoms with Gasteiger partial charge in [0.25, 0.3) is 0 Å². The minimum absolute atomic E-state index is 0.0839. The molecule has 8 heteroatoms. The van der Waals surface area contributed by atoms with Gasteiger partial charge in [-0.2, -0.15) is 0 Å². The smallest absolute Gasteiger partial charge is 0.241 e. The van der Waals surface area contributed by atoms with Gasteiger partial charge in [-0.15, -0.1) is 0 Å². The van der Waals surface area contributed by atoms with Crippen LogP contribution in [-0.2, 0) is 24.5 Å². The Hall–Kier alpha value is -2.00. The second kappa shape index (κ2) is 9.65. The molecule has 3 heterocycles. The van der Waals surface area contributed by atoms with Crippen molar-refractivity contribution in [3.8, 4) is 5.75 Å². The van der Waals surface area contributed by atoms with Crippen molar-refractivity contribution in [2.75, 3.05) is 72.4 Å². The van der Waals surface area contributed by atoms with Gasteiger partial charge in [-0.25, -0.2) is 0 Å².